The molecule has 0 spiro atoms. The number of fused-ring (bicyclic) bond motifs is 1. The molecule has 7 heteroatoms. The van der Waals surface area contributed by atoms with Gasteiger partial charge in [-0.25, -0.2) is 4.98 Å². The van der Waals surface area contributed by atoms with Gasteiger partial charge in [-0.2, -0.15) is 9.67 Å². The van der Waals surface area contributed by atoms with Gasteiger partial charge in [0.05, 0.1) is 11.0 Å². The number of nitrogens with zero attached hydrogens (tertiary/aromatic N) is 4. The number of para-hydroxylation sites is 2. The lowest BCUT2D eigenvalue weighted by Crippen LogP contribution is -2.05. The van der Waals surface area contributed by atoms with Gasteiger partial charge >= 0.3 is 0 Å². The van der Waals surface area contributed by atoms with Crippen LogP contribution in [0.25, 0.3) is 17.0 Å². The second kappa shape index (κ2) is 4.60. The first-order chi connectivity index (χ1) is 9.28. The van der Waals surface area contributed by atoms with Crippen LogP contribution in [0.15, 0.2) is 24.3 Å². The quantitative estimate of drug-likeness (QED) is 0.658. The van der Waals surface area contributed by atoms with Gasteiger partial charge in [0, 0.05) is 6.54 Å². The Labute approximate surface area is 109 Å². The minimum absolute atomic E-state index is 0.303. The van der Waals surface area contributed by atoms with Gasteiger partial charge in [-0.3, -0.25) is 0 Å². The fourth-order valence-corrected chi connectivity index (χ4v) is 1.83. The van der Waals surface area contributed by atoms with E-state index < -0.39 is 0 Å². The predicted octanol–water partition coefficient (Wildman–Crippen LogP) is 1.55. The monoisotopic (exact) mass is 257 g/mol. The molecule has 0 bridgehead atoms. The Bertz CT molecular complexity index is 664. The molecule has 2 aromatic heterocycles. The Morgan fingerprint density at radius 3 is 2.95 bits per heavy atom. The van der Waals surface area contributed by atoms with Crippen LogP contribution in [0.1, 0.15) is 13.3 Å². The summed E-state index contributed by atoms with van der Waals surface area (Å²) in [6.07, 6.45) is 0.999. The number of benzene rings is 1. The molecule has 19 heavy (non-hydrogen) atoms. The average Bonchev–Trinajstić information content (AvgIpc) is 2.99. The molecule has 0 atom stereocenters. The number of nitrogens with one attached hydrogen (secondary N) is 2. The first kappa shape index (κ1) is 11.5. The largest absolute Gasteiger partial charge is 0.368 e. The maximum Gasteiger partial charge on any atom is 0.244 e. The predicted molar refractivity (Wildman–Crippen MR) is 74.2 cm³/mol. The lowest BCUT2D eigenvalue weighted by atomic mass is 10.3. The van der Waals surface area contributed by atoms with Gasteiger partial charge in [-0.1, -0.05) is 19.1 Å². The molecule has 3 aromatic rings. The summed E-state index contributed by atoms with van der Waals surface area (Å²) in [5.74, 6) is 1.38. The van der Waals surface area contributed by atoms with E-state index >= 15 is 0 Å². The van der Waals surface area contributed by atoms with Crippen LogP contribution in [0.3, 0.4) is 0 Å². The third-order valence-electron chi connectivity index (χ3n) is 2.74. The van der Waals surface area contributed by atoms with Crippen LogP contribution >= 0.6 is 0 Å². The zero-order valence-electron chi connectivity index (χ0n) is 10.6. The SMILES string of the molecule is CCCNc1nc(N)n(-c2nc3ccccc3[nH]2)n1. The fraction of sp³-hybridized carbons (Fsp3) is 0.250. The summed E-state index contributed by atoms with van der Waals surface area (Å²) in [6, 6.07) is 7.77. The van der Waals surface area contributed by atoms with E-state index in [1.54, 1.807) is 0 Å². The highest BCUT2D eigenvalue weighted by Gasteiger charge is 2.11. The summed E-state index contributed by atoms with van der Waals surface area (Å²) in [4.78, 5) is 11.8. The van der Waals surface area contributed by atoms with Gasteiger partial charge in [0.25, 0.3) is 0 Å². The van der Waals surface area contributed by atoms with E-state index in [0.717, 1.165) is 24.0 Å². The van der Waals surface area contributed by atoms with Gasteiger partial charge in [-0.05, 0) is 18.6 Å². The number of nitrogens with two attached hydrogens (primary N) is 1. The van der Waals surface area contributed by atoms with Gasteiger partial charge in [-0.15, -0.1) is 5.10 Å². The Hall–Kier alpha value is -2.57. The van der Waals surface area contributed by atoms with E-state index in [9.17, 15) is 0 Å². The Balaban J connectivity index is 1.98. The van der Waals surface area contributed by atoms with Gasteiger partial charge in [0.2, 0.25) is 17.8 Å². The molecule has 0 amide bonds. The molecule has 0 aliphatic carbocycles. The van der Waals surface area contributed by atoms with Crippen LogP contribution in [-0.2, 0) is 0 Å². The zero-order valence-corrected chi connectivity index (χ0v) is 10.6. The molecule has 3 rings (SSSR count). The normalized spacial score (nSPS) is 11.0. The average molecular weight is 257 g/mol. The zero-order chi connectivity index (χ0) is 13.2. The van der Waals surface area contributed by atoms with Crippen molar-refractivity contribution in [2.24, 2.45) is 0 Å². The van der Waals surface area contributed by atoms with Crippen LogP contribution in [-0.4, -0.2) is 31.3 Å². The van der Waals surface area contributed by atoms with Crippen LogP contribution in [0.5, 0.6) is 0 Å². The first-order valence-electron chi connectivity index (χ1n) is 6.19. The van der Waals surface area contributed by atoms with Crippen molar-refractivity contribution in [1.29, 1.82) is 0 Å². The van der Waals surface area contributed by atoms with E-state index in [4.69, 9.17) is 5.73 Å². The van der Waals surface area contributed by atoms with Crippen LogP contribution in [0, 0.1) is 0 Å². The molecular formula is C12H15N7. The molecule has 1 aromatic carbocycles. The maximum absolute atomic E-state index is 5.86. The molecule has 0 unspecified atom stereocenters. The molecule has 7 nitrogen and oxygen atoms in total. The first-order valence-corrected chi connectivity index (χ1v) is 6.19. The number of rotatable bonds is 4. The van der Waals surface area contributed by atoms with Gasteiger partial charge in [0.15, 0.2) is 0 Å². The molecule has 0 fully saturated rings. The van der Waals surface area contributed by atoms with Crippen LogP contribution < -0.4 is 11.1 Å². The third kappa shape index (κ3) is 2.10. The molecule has 0 saturated carbocycles. The van der Waals surface area contributed by atoms with Gasteiger partial charge in [0.1, 0.15) is 0 Å². The Kier molecular flexibility index (Phi) is 2.79. The number of hydrogen-bond donors (Lipinski definition) is 3. The molecule has 0 radical (unpaired) electrons. The van der Waals surface area contributed by atoms with Gasteiger partial charge < -0.3 is 16.0 Å². The second-order valence-corrected chi connectivity index (χ2v) is 4.21. The lowest BCUT2D eigenvalue weighted by molar-refractivity contribution is 0.835. The molecule has 2 heterocycles. The Morgan fingerprint density at radius 2 is 2.16 bits per heavy atom. The highest BCUT2D eigenvalue weighted by Crippen LogP contribution is 2.15. The summed E-state index contributed by atoms with van der Waals surface area (Å²) in [5, 5.41) is 7.38. The number of nitrogen functional groups attached to an aromatic ring is 1. The van der Waals surface area contributed by atoms with E-state index in [1.165, 1.54) is 4.68 Å². The van der Waals surface area contributed by atoms with Crippen molar-refractivity contribution in [3.05, 3.63) is 24.3 Å². The molecule has 98 valence electrons. The minimum atomic E-state index is 0.303. The topological polar surface area (TPSA) is 97.4 Å². The van der Waals surface area contributed by atoms with E-state index in [2.05, 4.69) is 32.3 Å². The van der Waals surface area contributed by atoms with Crippen molar-refractivity contribution in [3.63, 3.8) is 0 Å². The summed E-state index contributed by atoms with van der Waals surface area (Å²) in [5.41, 5.74) is 7.67. The van der Waals surface area contributed by atoms with Crippen molar-refractivity contribution >= 4 is 22.9 Å². The molecular weight excluding hydrogens is 242 g/mol. The van der Waals surface area contributed by atoms with Crippen molar-refractivity contribution in [3.8, 4) is 5.95 Å². The Morgan fingerprint density at radius 1 is 1.32 bits per heavy atom. The summed E-state index contributed by atoms with van der Waals surface area (Å²) < 4.78 is 1.50. The number of H-pyrrole nitrogens is 1. The number of aromatic amines is 1. The maximum atomic E-state index is 5.86. The molecule has 4 N–H and O–H groups in total. The lowest BCUT2D eigenvalue weighted by Gasteiger charge is -1.96. The number of imidazole rings is 1. The third-order valence-corrected chi connectivity index (χ3v) is 2.74. The minimum Gasteiger partial charge on any atom is -0.368 e. The number of hydrogen-bond acceptors (Lipinski definition) is 5. The second-order valence-electron chi connectivity index (χ2n) is 4.21. The van der Waals surface area contributed by atoms with Crippen LogP contribution in [0.2, 0.25) is 0 Å². The number of aromatic nitrogens is 5. The van der Waals surface area contributed by atoms with Crippen molar-refractivity contribution in [1.82, 2.24) is 24.7 Å². The summed E-state index contributed by atoms with van der Waals surface area (Å²) in [7, 11) is 0. The highest BCUT2D eigenvalue weighted by atomic mass is 15.5. The molecule has 0 aliphatic heterocycles. The number of anilines is 2. The smallest absolute Gasteiger partial charge is 0.244 e. The van der Waals surface area contributed by atoms with Crippen molar-refractivity contribution in [2.45, 2.75) is 13.3 Å². The van der Waals surface area contributed by atoms with E-state index in [-0.39, 0.29) is 0 Å². The fourth-order valence-electron chi connectivity index (χ4n) is 1.83. The molecule has 0 aliphatic rings. The summed E-state index contributed by atoms with van der Waals surface area (Å²) >= 11 is 0. The van der Waals surface area contributed by atoms with Crippen molar-refractivity contribution < 1.29 is 0 Å². The molecule has 0 saturated heterocycles. The highest BCUT2D eigenvalue weighted by molar-refractivity contribution is 5.76. The standard InChI is InChI=1S/C12H15N7/c1-2-7-14-11-17-10(13)19(18-11)12-15-8-5-3-4-6-9(8)16-12/h3-6H,2,7H2,1H3,(H,15,16)(H3,13,14,17,18). The van der Waals surface area contributed by atoms with E-state index in [1.807, 2.05) is 24.3 Å². The van der Waals surface area contributed by atoms with Crippen LogP contribution in [0.4, 0.5) is 11.9 Å². The summed E-state index contributed by atoms with van der Waals surface area (Å²) in [6.45, 7) is 2.89. The van der Waals surface area contributed by atoms with E-state index in [0.29, 0.717) is 17.8 Å². The van der Waals surface area contributed by atoms with Crippen molar-refractivity contribution in [2.75, 3.05) is 17.6 Å².